The van der Waals surface area contributed by atoms with Crippen molar-refractivity contribution < 1.29 is 13.7 Å². The molecule has 4 nitrogen and oxygen atoms in total. The summed E-state index contributed by atoms with van der Waals surface area (Å²) in [5, 5.41) is 2.68. The molecule has 152 valence electrons. The molecule has 0 saturated heterocycles. The molecule has 0 fully saturated rings. The summed E-state index contributed by atoms with van der Waals surface area (Å²) in [6.45, 7) is 4.35. The van der Waals surface area contributed by atoms with Crippen LogP contribution >= 0.6 is 11.6 Å². The van der Waals surface area contributed by atoms with Gasteiger partial charge in [0.25, 0.3) is 0 Å². The Morgan fingerprint density at radius 3 is 1.83 bits per heavy atom. The van der Waals surface area contributed by atoms with Gasteiger partial charge >= 0.3 is 0 Å². The molecule has 0 radical (unpaired) electrons. The fraction of sp³-hybridized carbons (Fsp3) is 0.217. The zero-order valence-electron chi connectivity index (χ0n) is 16.5. The summed E-state index contributed by atoms with van der Waals surface area (Å²) >= 11 is 5.88. The number of benzene rings is 3. The Balaban J connectivity index is 1.77. The van der Waals surface area contributed by atoms with Crippen LogP contribution in [0.5, 0.6) is 0 Å². The molecular formula is C23H26ClN2O2S+. The fourth-order valence-electron chi connectivity index (χ4n) is 3.28. The van der Waals surface area contributed by atoms with Gasteiger partial charge in [-0.15, -0.1) is 0 Å². The van der Waals surface area contributed by atoms with E-state index in [9.17, 15) is 8.42 Å². The molecule has 29 heavy (non-hydrogen) atoms. The van der Waals surface area contributed by atoms with E-state index in [1.54, 1.807) is 12.1 Å². The van der Waals surface area contributed by atoms with Crippen molar-refractivity contribution in [2.45, 2.75) is 30.3 Å². The number of quaternary nitrogens is 1. The molecule has 3 rings (SSSR count). The average molecular weight is 430 g/mol. The van der Waals surface area contributed by atoms with Gasteiger partial charge in [0.05, 0.1) is 17.0 Å². The maximum absolute atomic E-state index is 12.8. The minimum absolute atomic E-state index is 0.0803. The van der Waals surface area contributed by atoms with Gasteiger partial charge in [0.15, 0.2) is 0 Å². The SMILES string of the molecule is CC(C)(C[NH2+]C(c1ccccc1)c1ccccc1)NS(=O)(=O)c1ccc(Cl)cc1. The Kier molecular flexibility index (Phi) is 6.75. The van der Waals surface area contributed by atoms with Crippen LogP contribution in [-0.2, 0) is 10.0 Å². The summed E-state index contributed by atoms with van der Waals surface area (Å²) in [4.78, 5) is 0.206. The lowest BCUT2D eigenvalue weighted by atomic mass is 9.97. The number of nitrogens with two attached hydrogens (primary N) is 1. The highest BCUT2D eigenvalue weighted by Crippen LogP contribution is 2.19. The molecule has 3 N–H and O–H groups in total. The van der Waals surface area contributed by atoms with E-state index in [0.717, 1.165) is 0 Å². The van der Waals surface area contributed by atoms with Gasteiger partial charge in [-0.2, -0.15) is 4.72 Å². The molecule has 0 bridgehead atoms. The van der Waals surface area contributed by atoms with Gasteiger partial charge in [-0.25, -0.2) is 8.42 Å². The van der Waals surface area contributed by atoms with Crippen molar-refractivity contribution in [3.8, 4) is 0 Å². The molecule has 0 aliphatic rings. The van der Waals surface area contributed by atoms with E-state index in [-0.39, 0.29) is 10.9 Å². The van der Waals surface area contributed by atoms with E-state index in [1.807, 2.05) is 50.2 Å². The summed E-state index contributed by atoms with van der Waals surface area (Å²) in [5.41, 5.74) is 1.70. The lowest BCUT2D eigenvalue weighted by Gasteiger charge is -2.27. The molecule has 0 aliphatic heterocycles. The van der Waals surface area contributed by atoms with Crippen LogP contribution in [0.3, 0.4) is 0 Å². The van der Waals surface area contributed by atoms with E-state index >= 15 is 0 Å². The maximum atomic E-state index is 12.8. The first-order chi connectivity index (χ1) is 13.8. The second-order valence-corrected chi connectivity index (χ2v) is 9.80. The summed E-state index contributed by atoms with van der Waals surface area (Å²) in [7, 11) is -3.64. The highest BCUT2D eigenvalue weighted by molar-refractivity contribution is 7.89. The van der Waals surface area contributed by atoms with Crippen molar-refractivity contribution in [3.63, 3.8) is 0 Å². The first-order valence-electron chi connectivity index (χ1n) is 9.50. The third-order valence-corrected chi connectivity index (χ3v) is 6.68. The minimum Gasteiger partial charge on any atom is -0.335 e. The smallest absolute Gasteiger partial charge is 0.241 e. The van der Waals surface area contributed by atoms with Crippen molar-refractivity contribution in [2.24, 2.45) is 0 Å². The summed E-state index contributed by atoms with van der Waals surface area (Å²) < 4.78 is 28.4. The van der Waals surface area contributed by atoms with Crippen LogP contribution in [0.15, 0.2) is 89.8 Å². The number of rotatable bonds is 8. The first kappa shape index (κ1) is 21.5. The molecule has 3 aromatic rings. The number of sulfonamides is 1. The summed E-state index contributed by atoms with van der Waals surface area (Å²) in [6.07, 6.45) is 0. The number of halogens is 1. The summed E-state index contributed by atoms with van der Waals surface area (Å²) in [6, 6.07) is 26.7. The molecule has 6 heteroatoms. The molecule has 3 aromatic carbocycles. The third-order valence-electron chi connectivity index (χ3n) is 4.72. The quantitative estimate of drug-likeness (QED) is 0.572. The van der Waals surface area contributed by atoms with Gasteiger partial charge in [-0.05, 0) is 38.1 Å². The van der Waals surface area contributed by atoms with Crippen LogP contribution in [0.2, 0.25) is 5.02 Å². The van der Waals surface area contributed by atoms with E-state index in [1.165, 1.54) is 23.3 Å². The van der Waals surface area contributed by atoms with Crippen molar-refractivity contribution in [1.29, 1.82) is 0 Å². The minimum atomic E-state index is -3.64. The van der Waals surface area contributed by atoms with Gasteiger partial charge < -0.3 is 5.32 Å². The van der Waals surface area contributed by atoms with Crippen LogP contribution in [0, 0.1) is 0 Å². The molecule has 0 amide bonds. The lowest BCUT2D eigenvalue weighted by molar-refractivity contribution is -0.692. The number of hydrogen-bond acceptors (Lipinski definition) is 2. The molecule has 0 spiro atoms. The standard InChI is InChI=1S/C23H25ClN2O2S/c1-23(2,26-29(27,28)21-15-13-20(24)14-16-21)17-25-22(18-9-5-3-6-10-18)19-11-7-4-8-12-19/h3-16,22,25-26H,17H2,1-2H3/p+1. The Bertz CT molecular complexity index is 982. The van der Waals surface area contributed by atoms with Gasteiger partial charge in [-0.3, -0.25) is 0 Å². The fourth-order valence-corrected chi connectivity index (χ4v) is 4.82. The highest BCUT2D eigenvalue weighted by atomic mass is 35.5. The molecule has 0 unspecified atom stereocenters. The molecule has 0 atom stereocenters. The Labute approximate surface area is 178 Å². The van der Waals surface area contributed by atoms with Crippen LogP contribution in [-0.4, -0.2) is 20.5 Å². The van der Waals surface area contributed by atoms with Crippen LogP contribution < -0.4 is 10.0 Å². The molecule has 0 aromatic heterocycles. The predicted octanol–water partition coefficient (Wildman–Crippen LogP) is 3.75. The zero-order valence-corrected chi connectivity index (χ0v) is 18.1. The first-order valence-corrected chi connectivity index (χ1v) is 11.4. The van der Waals surface area contributed by atoms with Gasteiger partial charge in [0, 0.05) is 16.1 Å². The Morgan fingerprint density at radius 1 is 0.862 bits per heavy atom. The Hall–Kier alpha value is -2.18. The Morgan fingerprint density at radius 2 is 1.34 bits per heavy atom. The zero-order chi connectivity index (χ0) is 20.9. The normalized spacial score (nSPS) is 12.3. The molecular weight excluding hydrogens is 404 g/mol. The molecule has 0 aliphatic carbocycles. The van der Waals surface area contributed by atoms with Crippen molar-refractivity contribution in [3.05, 3.63) is 101 Å². The highest BCUT2D eigenvalue weighted by Gasteiger charge is 2.30. The van der Waals surface area contributed by atoms with Crippen molar-refractivity contribution in [2.75, 3.05) is 6.54 Å². The lowest BCUT2D eigenvalue weighted by Crippen LogP contribution is -2.90. The van der Waals surface area contributed by atoms with Gasteiger partial charge in [0.1, 0.15) is 6.04 Å². The second kappa shape index (κ2) is 9.09. The molecule has 0 saturated carbocycles. The predicted molar refractivity (Wildman–Crippen MR) is 117 cm³/mol. The average Bonchev–Trinajstić information content (AvgIpc) is 2.69. The maximum Gasteiger partial charge on any atom is 0.241 e. The van der Waals surface area contributed by atoms with Gasteiger partial charge in [-0.1, -0.05) is 72.3 Å². The van der Waals surface area contributed by atoms with Crippen molar-refractivity contribution >= 4 is 21.6 Å². The second-order valence-electron chi connectivity index (χ2n) is 7.68. The van der Waals surface area contributed by atoms with E-state index in [4.69, 9.17) is 11.6 Å². The molecule has 0 heterocycles. The monoisotopic (exact) mass is 429 g/mol. The topological polar surface area (TPSA) is 62.8 Å². The van der Waals surface area contributed by atoms with Crippen LogP contribution in [0.1, 0.15) is 31.0 Å². The largest absolute Gasteiger partial charge is 0.335 e. The number of nitrogens with one attached hydrogen (secondary N) is 1. The number of hydrogen-bond donors (Lipinski definition) is 2. The van der Waals surface area contributed by atoms with E-state index in [0.29, 0.717) is 11.6 Å². The van der Waals surface area contributed by atoms with Crippen LogP contribution in [0.25, 0.3) is 0 Å². The van der Waals surface area contributed by atoms with Gasteiger partial charge in [0.2, 0.25) is 10.0 Å². The third kappa shape index (κ3) is 5.90. The van der Waals surface area contributed by atoms with Crippen molar-refractivity contribution in [1.82, 2.24) is 4.72 Å². The van der Waals surface area contributed by atoms with E-state index in [2.05, 4.69) is 34.3 Å². The van der Waals surface area contributed by atoms with E-state index < -0.39 is 15.6 Å². The summed E-state index contributed by atoms with van der Waals surface area (Å²) in [5.74, 6) is 0. The van der Waals surface area contributed by atoms with Crippen LogP contribution in [0.4, 0.5) is 0 Å².